The predicted molar refractivity (Wildman–Crippen MR) is 73.8 cm³/mol. The lowest BCUT2D eigenvalue weighted by atomic mass is 10.1. The van der Waals surface area contributed by atoms with Gasteiger partial charge in [-0.15, -0.1) is 0 Å². The monoisotopic (exact) mass is 286 g/mol. The maximum atomic E-state index is 12.4. The summed E-state index contributed by atoms with van der Waals surface area (Å²) in [6.07, 6.45) is 3.18. The van der Waals surface area contributed by atoms with E-state index in [1.165, 1.54) is 7.11 Å². The van der Waals surface area contributed by atoms with Gasteiger partial charge in [0.1, 0.15) is 0 Å². The van der Waals surface area contributed by atoms with Gasteiger partial charge in [-0.2, -0.15) is 8.78 Å². The maximum Gasteiger partial charge on any atom is 0.387 e. The highest BCUT2D eigenvalue weighted by molar-refractivity contribution is 5.55. The molecule has 1 aliphatic rings. The molecule has 20 heavy (non-hydrogen) atoms. The van der Waals surface area contributed by atoms with Crippen LogP contribution >= 0.6 is 0 Å². The van der Waals surface area contributed by atoms with E-state index in [1.807, 2.05) is 6.07 Å². The Hall–Kier alpha value is -1.56. The van der Waals surface area contributed by atoms with E-state index in [1.54, 1.807) is 12.1 Å². The maximum absolute atomic E-state index is 12.4. The van der Waals surface area contributed by atoms with Gasteiger partial charge in [0.05, 0.1) is 7.11 Å². The van der Waals surface area contributed by atoms with Crippen LogP contribution in [-0.2, 0) is 0 Å². The summed E-state index contributed by atoms with van der Waals surface area (Å²) in [5, 5.41) is 6.70. The molecule has 4 nitrogen and oxygen atoms in total. The van der Waals surface area contributed by atoms with Crippen LogP contribution in [0.15, 0.2) is 18.2 Å². The summed E-state index contributed by atoms with van der Waals surface area (Å²) in [5.41, 5.74) is 0.772. The van der Waals surface area contributed by atoms with Crippen molar-refractivity contribution in [3.63, 3.8) is 0 Å². The smallest absolute Gasteiger partial charge is 0.387 e. The first kappa shape index (κ1) is 14.8. The molecule has 0 aliphatic carbocycles. The fourth-order valence-electron chi connectivity index (χ4n) is 2.35. The summed E-state index contributed by atoms with van der Waals surface area (Å²) in [4.78, 5) is 0. The van der Waals surface area contributed by atoms with Gasteiger partial charge in [-0.3, -0.25) is 0 Å². The molecule has 2 N–H and O–H groups in total. The van der Waals surface area contributed by atoms with Crippen LogP contribution in [0.25, 0.3) is 0 Å². The van der Waals surface area contributed by atoms with Gasteiger partial charge in [-0.1, -0.05) is 0 Å². The second-order valence-corrected chi connectivity index (χ2v) is 4.77. The molecule has 0 saturated carbocycles. The second kappa shape index (κ2) is 7.28. The molecule has 1 fully saturated rings. The first-order valence-corrected chi connectivity index (χ1v) is 6.79. The molecule has 0 amide bonds. The topological polar surface area (TPSA) is 42.5 Å². The van der Waals surface area contributed by atoms with Crippen molar-refractivity contribution in [2.45, 2.75) is 31.9 Å². The zero-order valence-corrected chi connectivity index (χ0v) is 11.5. The van der Waals surface area contributed by atoms with Crippen molar-refractivity contribution in [3.05, 3.63) is 18.2 Å². The highest BCUT2D eigenvalue weighted by Gasteiger charge is 2.14. The van der Waals surface area contributed by atoms with Crippen LogP contribution in [-0.4, -0.2) is 32.9 Å². The molecule has 1 aromatic carbocycles. The Balaban J connectivity index is 2.07. The lowest BCUT2D eigenvalue weighted by Crippen LogP contribution is -2.21. The number of ether oxygens (including phenoxy) is 2. The van der Waals surface area contributed by atoms with Crippen LogP contribution in [0.3, 0.4) is 0 Å². The molecule has 1 atom stereocenters. The van der Waals surface area contributed by atoms with Crippen molar-refractivity contribution in [1.29, 1.82) is 0 Å². The van der Waals surface area contributed by atoms with Crippen LogP contribution < -0.4 is 20.1 Å². The third kappa shape index (κ3) is 4.23. The van der Waals surface area contributed by atoms with E-state index in [0.29, 0.717) is 11.8 Å². The number of halogens is 2. The van der Waals surface area contributed by atoms with Crippen LogP contribution in [0.1, 0.15) is 19.3 Å². The van der Waals surface area contributed by atoms with Crippen molar-refractivity contribution >= 4 is 5.69 Å². The third-order valence-electron chi connectivity index (χ3n) is 3.33. The third-order valence-corrected chi connectivity index (χ3v) is 3.33. The van der Waals surface area contributed by atoms with Gasteiger partial charge >= 0.3 is 6.61 Å². The fraction of sp³-hybridized carbons (Fsp3) is 0.571. The van der Waals surface area contributed by atoms with Crippen molar-refractivity contribution < 1.29 is 18.3 Å². The van der Waals surface area contributed by atoms with E-state index >= 15 is 0 Å². The Labute approximate surface area is 117 Å². The van der Waals surface area contributed by atoms with Gasteiger partial charge < -0.3 is 20.1 Å². The van der Waals surface area contributed by atoms with Gasteiger partial charge in [-0.05, 0) is 44.5 Å². The number of rotatable bonds is 5. The summed E-state index contributed by atoms with van der Waals surface area (Å²) < 4.78 is 34.2. The molecule has 6 heteroatoms. The second-order valence-electron chi connectivity index (χ2n) is 4.77. The number of anilines is 1. The molecule has 0 radical (unpaired) electrons. The first-order chi connectivity index (χ1) is 9.69. The molecule has 0 aromatic heterocycles. The molecule has 2 rings (SSSR count). The lowest BCUT2D eigenvalue weighted by Gasteiger charge is -2.19. The molecule has 1 unspecified atom stereocenters. The summed E-state index contributed by atoms with van der Waals surface area (Å²) in [6, 6.07) is 5.35. The highest BCUT2D eigenvalue weighted by atomic mass is 19.3. The van der Waals surface area contributed by atoms with E-state index in [2.05, 4.69) is 15.4 Å². The van der Waals surface area contributed by atoms with E-state index < -0.39 is 6.61 Å². The lowest BCUT2D eigenvalue weighted by molar-refractivity contribution is -0.0511. The Morgan fingerprint density at radius 2 is 2.10 bits per heavy atom. The number of hydrogen-bond donors (Lipinski definition) is 2. The van der Waals surface area contributed by atoms with Gasteiger partial charge in [0.2, 0.25) is 0 Å². The molecule has 112 valence electrons. The summed E-state index contributed by atoms with van der Waals surface area (Å²) in [7, 11) is 1.43. The Bertz CT molecular complexity index is 422. The number of nitrogens with one attached hydrogen (secondary N) is 2. The summed E-state index contributed by atoms with van der Waals surface area (Å²) in [6.45, 7) is -0.865. The molecule has 1 aromatic rings. The number of benzene rings is 1. The first-order valence-electron chi connectivity index (χ1n) is 6.79. The van der Waals surface area contributed by atoms with Crippen molar-refractivity contribution in [2.24, 2.45) is 0 Å². The number of hydrogen-bond acceptors (Lipinski definition) is 4. The normalized spacial score (nSPS) is 19.5. The fourth-order valence-corrected chi connectivity index (χ4v) is 2.35. The Morgan fingerprint density at radius 1 is 1.25 bits per heavy atom. The number of alkyl halides is 2. The van der Waals surface area contributed by atoms with E-state index in [-0.39, 0.29) is 5.75 Å². The highest BCUT2D eigenvalue weighted by Crippen LogP contribution is 2.32. The SMILES string of the molecule is COc1ccc(NC2CCCNCC2)cc1OC(F)F. The van der Waals surface area contributed by atoms with Crippen molar-refractivity contribution in [2.75, 3.05) is 25.5 Å². The minimum Gasteiger partial charge on any atom is -0.493 e. The van der Waals surface area contributed by atoms with Gasteiger partial charge in [0, 0.05) is 17.8 Å². The van der Waals surface area contributed by atoms with Crippen molar-refractivity contribution in [1.82, 2.24) is 5.32 Å². The van der Waals surface area contributed by atoms with E-state index in [4.69, 9.17) is 4.74 Å². The average Bonchev–Trinajstić information content (AvgIpc) is 2.67. The Morgan fingerprint density at radius 3 is 2.85 bits per heavy atom. The van der Waals surface area contributed by atoms with Crippen LogP contribution in [0, 0.1) is 0 Å². The molecular weight excluding hydrogens is 266 g/mol. The molecule has 1 aliphatic heterocycles. The van der Waals surface area contributed by atoms with Crippen LogP contribution in [0.4, 0.5) is 14.5 Å². The molecule has 1 saturated heterocycles. The van der Waals surface area contributed by atoms with Crippen LogP contribution in [0.5, 0.6) is 11.5 Å². The van der Waals surface area contributed by atoms with E-state index in [0.717, 1.165) is 38.0 Å². The van der Waals surface area contributed by atoms with Gasteiger partial charge in [0.25, 0.3) is 0 Å². The van der Waals surface area contributed by atoms with Gasteiger partial charge in [-0.25, -0.2) is 0 Å². The quantitative estimate of drug-likeness (QED) is 0.873. The molecular formula is C14H20F2N2O2. The largest absolute Gasteiger partial charge is 0.493 e. The van der Waals surface area contributed by atoms with Crippen LogP contribution in [0.2, 0.25) is 0 Å². The number of methoxy groups -OCH3 is 1. The predicted octanol–water partition coefficient (Wildman–Crippen LogP) is 2.85. The average molecular weight is 286 g/mol. The zero-order valence-electron chi connectivity index (χ0n) is 11.5. The summed E-state index contributed by atoms with van der Waals surface area (Å²) >= 11 is 0. The summed E-state index contributed by atoms with van der Waals surface area (Å²) in [5.74, 6) is 0.359. The molecule has 0 spiro atoms. The molecule has 1 heterocycles. The molecule has 0 bridgehead atoms. The zero-order chi connectivity index (χ0) is 14.4. The van der Waals surface area contributed by atoms with E-state index in [9.17, 15) is 8.78 Å². The van der Waals surface area contributed by atoms with Gasteiger partial charge in [0.15, 0.2) is 11.5 Å². The Kier molecular flexibility index (Phi) is 5.40. The standard InChI is InChI=1S/C14H20F2N2O2/c1-19-12-5-4-11(9-13(12)20-14(15)16)18-10-3-2-7-17-8-6-10/h4-5,9-10,14,17-18H,2-3,6-8H2,1H3. The minimum absolute atomic E-state index is 0.0549. The minimum atomic E-state index is -2.86. The van der Waals surface area contributed by atoms with Crippen molar-refractivity contribution in [3.8, 4) is 11.5 Å².